The molecule has 1 aliphatic rings. The Morgan fingerprint density at radius 1 is 1.44 bits per heavy atom. The highest BCUT2D eigenvalue weighted by atomic mass is 79.9. The normalized spacial score (nSPS) is 16.7. The van der Waals surface area contributed by atoms with Gasteiger partial charge in [0.15, 0.2) is 0 Å². The maximum atomic E-state index is 5.36. The van der Waals surface area contributed by atoms with E-state index < -0.39 is 0 Å². The molecular formula is C13H19BrN2S2. The Bertz CT molecular complexity index is 465. The van der Waals surface area contributed by atoms with Crippen LogP contribution >= 0.6 is 39.9 Å². The standard InChI is InChI=1S/C13H19BrN2S2/c1-8(2)18-7-10-15-12(9-5-3-4-6-9)11(14)13(17)16-10/h8-9H,3-7H2,1-2H3,(H,15,16,17). The number of nitrogens with one attached hydrogen (secondary N) is 1. The first kappa shape index (κ1) is 14.5. The van der Waals surface area contributed by atoms with Crippen LogP contribution in [-0.4, -0.2) is 15.2 Å². The van der Waals surface area contributed by atoms with Crippen molar-refractivity contribution in [2.45, 2.75) is 56.5 Å². The number of thioether (sulfide) groups is 1. The lowest BCUT2D eigenvalue weighted by Gasteiger charge is -2.14. The first-order valence-corrected chi connectivity index (χ1v) is 8.73. The molecule has 2 nitrogen and oxygen atoms in total. The number of hydrogen-bond acceptors (Lipinski definition) is 3. The lowest BCUT2D eigenvalue weighted by atomic mass is 10.0. The molecule has 5 heteroatoms. The number of rotatable bonds is 4. The van der Waals surface area contributed by atoms with Crippen molar-refractivity contribution < 1.29 is 0 Å². The average Bonchev–Trinajstić information content (AvgIpc) is 2.84. The summed E-state index contributed by atoms with van der Waals surface area (Å²) < 4.78 is 1.71. The molecule has 1 N–H and O–H groups in total. The highest BCUT2D eigenvalue weighted by Gasteiger charge is 2.21. The van der Waals surface area contributed by atoms with Gasteiger partial charge in [-0.25, -0.2) is 4.98 Å². The molecule has 1 saturated carbocycles. The molecule has 100 valence electrons. The van der Waals surface area contributed by atoms with Gasteiger partial charge in [-0.15, -0.1) is 0 Å². The SMILES string of the molecule is CC(C)SCc1nc(=S)c(Br)c(C2CCCC2)[nH]1. The first-order chi connectivity index (χ1) is 8.58. The van der Waals surface area contributed by atoms with E-state index in [0.717, 1.165) is 16.0 Å². The van der Waals surface area contributed by atoms with Gasteiger partial charge in [-0.05, 0) is 34.0 Å². The molecule has 0 amide bonds. The highest BCUT2D eigenvalue weighted by Crippen LogP contribution is 2.36. The summed E-state index contributed by atoms with van der Waals surface area (Å²) in [4.78, 5) is 7.97. The molecule has 0 atom stereocenters. The van der Waals surface area contributed by atoms with Crippen LogP contribution in [-0.2, 0) is 5.75 Å². The largest absolute Gasteiger partial charge is 0.345 e. The summed E-state index contributed by atoms with van der Waals surface area (Å²) in [5, 5.41) is 0.618. The zero-order valence-electron chi connectivity index (χ0n) is 10.8. The molecular weight excluding hydrogens is 328 g/mol. The van der Waals surface area contributed by atoms with Crippen molar-refractivity contribution in [3.05, 3.63) is 20.6 Å². The molecule has 2 rings (SSSR count). The van der Waals surface area contributed by atoms with E-state index >= 15 is 0 Å². The van der Waals surface area contributed by atoms with Crippen LogP contribution in [0.3, 0.4) is 0 Å². The fraction of sp³-hybridized carbons (Fsp3) is 0.692. The Morgan fingerprint density at radius 2 is 2.11 bits per heavy atom. The van der Waals surface area contributed by atoms with Crippen LogP contribution in [0.1, 0.15) is 57.0 Å². The minimum atomic E-state index is 0.618. The van der Waals surface area contributed by atoms with E-state index in [-0.39, 0.29) is 0 Å². The smallest absolute Gasteiger partial charge is 0.144 e. The second kappa shape index (κ2) is 6.53. The Balaban J connectivity index is 2.24. The minimum Gasteiger partial charge on any atom is -0.345 e. The summed E-state index contributed by atoms with van der Waals surface area (Å²) in [6.07, 6.45) is 5.20. The van der Waals surface area contributed by atoms with Crippen molar-refractivity contribution in [1.29, 1.82) is 0 Å². The fourth-order valence-corrected chi connectivity index (χ4v) is 3.69. The van der Waals surface area contributed by atoms with Crippen LogP contribution in [0.15, 0.2) is 4.47 Å². The minimum absolute atomic E-state index is 0.618. The Labute approximate surface area is 126 Å². The van der Waals surface area contributed by atoms with Crippen LogP contribution in [0.4, 0.5) is 0 Å². The van der Waals surface area contributed by atoms with Gasteiger partial charge in [-0.3, -0.25) is 0 Å². The summed E-state index contributed by atoms with van der Waals surface area (Å²) in [5.74, 6) is 2.56. The summed E-state index contributed by atoms with van der Waals surface area (Å²) in [6, 6.07) is 0. The molecule has 1 heterocycles. The molecule has 18 heavy (non-hydrogen) atoms. The van der Waals surface area contributed by atoms with Crippen molar-refractivity contribution in [3.8, 4) is 0 Å². The van der Waals surface area contributed by atoms with E-state index in [1.54, 1.807) is 0 Å². The van der Waals surface area contributed by atoms with E-state index in [1.807, 2.05) is 11.8 Å². The summed E-state index contributed by atoms with van der Waals surface area (Å²) in [6.45, 7) is 4.41. The zero-order chi connectivity index (χ0) is 13.1. The van der Waals surface area contributed by atoms with Crippen molar-refractivity contribution in [1.82, 2.24) is 9.97 Å². The molecule has 0 spiro atoms. The van der Waals surface area contributed by atoms with Crippen LogP contribution < -0.4 is 0 Å². The molecule has 0 unspecified atom stereocenters. The van der Waals surface area contributed by atoms with Gasteiger partial charge < -0.3 is 4.98 Å². The van der Waals surface area contributed by atoms with Gasteiger partial charge in [0, 0.05) is 11.6 Å². The third-order valence-corrected chi connectivity index (χ3v) is 5.72. The number of halogens is 1. The van der Waals surface area contributed by atoms with Gasteiger partial charge in [-0.2, -0.15) is 11.8 Å². The van der Waals surface area contributed by atoms with Gasteiger partial charge in [0.05, 0.1) is 10.2 Å². The summed E-state index contributed by atoms with van der Waals surface area (Å²) in [5.41, 5.74) is 1.27. The van der Waals surface area contributed by atoms with Crippen molar-refractivity contribution >= 4 is 39.9 Å². The van der Waals surface area contributed by atoms with E-state index in [2.05, 4.69) is 39.7 Å². The van der Waals surface area contributed by atoms with Crippen molar-refractivity contribution in [2.75, 3.05) is 0 Å². The molecule has 1 fully saturated rings. The topological polar surface area (TPSA) is 28.7 Å². The second-order valence-electron chi connectivity index (χ2n) is 5.06. The van der Waals surface area contributed by atoms with E-state index in [4.69, 9.17) is 12.2 Å². The van der Waals surface area contributed by atoms with Crippen LogP contribution in [0.2, 0.25) is 0 Å². The second-order valence-corrected chi connectivity index (χ2v) is 7.80. The number of aromatic nitrogens is 2. The maximum Gasteiger partial charge on any atom is 0.144 e. The number of H-pyrrole nitrogens is 1. The fourth-order valence-electron chi connectivity index (χ4n) is 2.33. The lowest BCUT2D eigenvalue weighted by molar-refractivity contribution is 0.682. The number of aromatic amines is 1. The average molecular weight is 347 g/mol. The number of hydrogen-bond donors (Lipinski definition) is 1. The van der Waals surface area contributed by atoms with E-state index in [1.165, 1.54) is 31.4 Å². The lowest BCUT2D eigenvalue weighted by Crippen LogP contribution is -2.05. The van der Waals surface area contributed by atoms with Crippen LogP contribution in [0, 0.1) is 4.64 Å². The summed E-state index contributed by atoms with van der Waals surface area (Å²) in [7, 11) is 0. The molecule has 0 saturated heterocycles. The Hall–Kier alpha value is 0.130. The zero-order valence-corrected chi connectivity index (χ0v) is 14.1. The van der Waals surface area contributed by atoms with Gasteiger partial charge >= 0.3 is 0 Å². The van der Waals surface area contributed by atoms with Crippen LogP contribution in [0.25, 0.3) is 0 Å². The first-order valence-electron chi connectivity index (χ1n) is 6.48. The van der Waals surface area contributed by atoms with Crippen molar-refractivity contribution in [2.24, 2.45) is 0 Å². The monoisotopic (exact) mass is 346 g/mol. The van der Waals surface area contributed by atoms with Crippen LogP contribution in [0.5, 0.6) is 0 Å². The van der Waals surface area contributed by atoms with Crippen molar-refractivity contribution in [3.63, 3.8) is 0 Å². The Kier molecular flexibility index (Phi) is 5.27. The van der Waals surface area contributed by atoms with Gasteiger partial charge in [-0.1, -0.05) is 38.9 Å². The Morgan fingerprint density at radius 3 is 2.72 bits per heavy atom. The molecule has 0 aromatic carbocycles. The van der Waals surface area contributed by atoms with E-state index in [9.17, 15) is 0 Å². The molecule has 1 aromatic rings. The van der Waals surface area contributed by atoms with Gasteiger partial charge in [0.1, 0.15) is 10.5 Å². The molecule has 1 aliphatic carbocycles. The van der Waals surface area contributed by atoms with E-state index in [0.29, 0.717) is 15.8 Å². The molecule has 1 aromatic heterocycles. The third-order valence-electron chi connectivity index (χ3n) is 3.26. The van der Waals surface area contributed by atoms with Gasteiger partial charge in [0.25, 0.3) is 0 Å². The highest BCUT2D eigenvalue weighted by molar-refractivity contribution is 9.10. The predicted octanol–water partition coefficient (Wildman–Crippen LogP) is 5.20. The maximum absolute atomic E-state index is 5.36. The molecule has 0 radical (unpaired) electrons. The summed E-state index contributed by atoms with van der Waals surface area (Å²) >= 11 is 10.9. The molecule has 0 bridgehead atoms. The predicted molar refractivity (Wildman–Crippen MR) is 84.8 cm³/mol. The number of nitrogens with zero attached hydrogens (tertiary/aromatic N) is 1. The molecule has 0 aliphatic heterocycles. The third kappa shape index (κ3) is 3.58. The quantitative estimate of drug-likeness (QED) is 0.759. The van der Waals surface area contributed by atoms with Gasteiger partial charge in [0.2, 0.25) is 0 Å².